The van der Waals surface area contributed by atoms with Crippen LogP contribution >= 0.6 is 11.3 Å². The van der Waals surface area contributed by atoms with E-state index < -0.39 is 0 Å². The summed E-state index contributed by atoms with van der Waals surface area (Å²) < 4.78 is 2.36. The van der Waals surface area contributed by atoms with Crippen molar-refractivity contribution < 1.29 is 4.79 Å². The average molecular weight is 464 g/mol. The maximum atomic E-state index is 13.0. The van der Waals surface area contributed by atoms with Gasteiger partial charge >= 0.3 is 0 Å². The van der Waals surface area contributed by atoms with Crippen LogP contribution in [0.5, 0.6) is 0 Å². The van der Waals surface area contributed by atoms with Crippen molar-refractivity contribution in [1.82, 2.24) is 14.9 Å². The lowest BCUT2D eigenvalue weighted by Crippen LogP contribution is -2.25. The first-order valence-corrected chi connectivity index (χ1v) is 13.5. The van der Waals surface area contributed by atoms with Crippen LogP contribution in [-0.2, 0) is 13.0 Å². The molecule has 1 fully saturated rings. The molecule has 1 saturated carbocycles. The van der Waals surface area contributed by atoms with E-state index in [9.17, 15) is 4.79 Å². The summed E-state index contributed by atoms with van der Waals surface area (Å²) in [4.78, 5) is 18.0. The molecular weight excluding hydrogens is 426 g/mol. The van der Waals surface area contributed by atoms with E-state index in [4.69, 9.17) is 4.98 Å². The highest BCUT2D eigenvalue weighted by Crippen LogP contribution is 2.34. The predicted molar refractivity (Wildman–Crippen MR) is 139 cm³/mol. The third-order valence-electron chi connectivity index (χ3n) is 6.97. The molecule has 2 aromatic heterocycles. The predicted octanol–water partition coefficient (Wildman–Crippen LogP) is 7.26. The van der Waals surface area contributed by atoms with Crippen LogP contribution in [0.2, 0.25) is 0 Å². The number of thiazole rings is 1. The Balaban J connectivity index is 1.65. The van der Waals surface area contributed by atoms with Crippen molar-refractivity contribution in [3.8, 4) is 22.0 Å². The minimum Gasteiger partial charge on any atom is -0.352 e. The Kier molecular flexibility index (Phi) is 8.02. The van der Waals surface area contributed by atoms with Gasteiger partial charge in [-0.2, -0.15) is 0 Å². The molecule has 1 aliphatic carbocycles. The summed E-state index contributed by atoms with van der Waals surface area (Å²) in [5, 5.41) is 6.29. The van der Waals surface area contributed by atoms with Gasteiger partial charge in [0.05, 0.1) is 17.0 Å². The zero-order valence-corrected chi connectivity index (χ0v) is 21.1. The van der Waals surface area contributed by atoms with Gasteiger partial charge in [0.2, 0.25) is 0 Å². The summed E-state index contributed by atoms with van der Waals surface area (Å²) in [6.45, 7) is 8.12. The van der Waals surface area contributed by atoms with E-state index in [1.165, 1.54) is 37.7 Å². The Morgan fingerprint density at radius 3 is 2.61 bits per heavy atom. The van der Waals surface area contributed by atoms with E-state index in [2.05, 4.69) is 66.4 Å². The summed E-state index contributed by atoms with van der Waals surface area (Å²) in [6.07, 6.45) is 9.67. The molecule has 3 aromatic rings. The van der Waals surface area contributed by atoms with Crippen LogP contribution < -0.4 is 5.32 Å². The molecule has 1 aromatic carbocycles. The van der Waals surface area contributed by atoms with Crippen LogP contribution in [0.3, 0.4) is 0 Å². The van der Waals surface area contributed by atoms with Crippen LogP contribution in [-0.4, -0.2) is 22.0 Å². The van der Waals surface area contributed by atoms with E-state index in [0.29, 0.717) is 5.92 Å². The first-order chi connectivity index (χ1) is 16.1. The number of amides is 1. The number of aryl methyl sites for hydroxylation is 1. The highest BCUT2D eigenvalue weighted by molar-refractivity contribution is 7.13. The third kappa shape index (κ3) is 5.57. The number of carbonyl (C=O) groups excluding carboxylic acids is 1. The van der Waals surface area contributed by atoms with Gasteiger partial charge in [-0.3, -0.25) is 4.79 Å². The third-order valence-corrected chi connectivity index (χ3v) is 7.86. The Labute approximate surface area is 202 Å². The van der Waals surface area contributed by atoms with Crippen molar-refractivity contribution in [2.75, 3.05) is 6.54 Å². The van der Waals surface area contributed by atoms with E-state index >= 15 is 0 Å². The Morgan fingerprint density at radius 2 is 1.91 bits per heavy atom. The minimum atomic E-state index is 0.0372. The lowest BCUT2D eigenvalue weighted by Gasteiger charge is -2.24. The molecule has 0 bridgehead atoms. The minimum absolute atomic E-state index is 0.0372. The van der Waals surface area contributed by atoms with Gasteiger partial charge in [-0.1, -0.05) is 63.8 Å². The second-order valence-electron chi connectivity index (χ2n) is 9.34. The normalized spacial score (nSPS) is 14.5. The van der Waals surface area contributed by atoms with Gasteiger partial charge in [0.15, 0.2) is 0 Å². The number of hydrogen-bond acceptors (Lipinski definition) is 3. The molecule has 0 aliphatic heterocycles. The molecule has 33 heavy (non-hydrogen) atoms. The zero-order chi connectivity index (χ0) is 23.2. The van der Waals surface area contributed by atoms with Crippen molar-refractivity contribution in [2.24, 2.45) is 5.92 Å². The van der Waals surface area contributed by atoms with Crippen LogP contribution in [0.1, 0.15) is 80.4 Å². The van der Waals surface area contributed by atoms with Crippen LogP contribution in [0.25, 0.3) is 22.0 Å². The van der Waals surface area contributed by atoms with Gasteiger partial charge < -0.3 is 9.88 Å². The van der Waals surface area contributed by atoms with E-state index in [1.54, 1.807) is 11.3 Å². The molecule has 4 rings (SSSR count). The number of carbonyl (C=O) groups is 1. The molecule has 0 saturated heterocycles. The summed E-state index contributed by atoms with van der Waals surface area (Å²) in [6, 6.07) is 10.8. The van der Waals surface area contributed by atoms with Crippen molar-refractivity contribution in [1.29, 1.82) is 0 Å². The number of unbranched alkanes of at least 4 members (excludes halogenated alkanes) is 1. The number of hydrogen-bond donors (Lipinski definition) is 1. The van der Waals surface area contributed by atoms with Crippen LogP contribution in [0.4, 0.5) is 0 Å². The smallest absolute Gasteiger partial charge is 0.253 e. The van der Waals surface area contributed by atoms with Crippen LogP contribution in [0, 0.1) is 12.8 Å². The Hall–Kier alpha value is -2.40. The summed E-state index contributed by atoms with van der Waals surface area (Å²) in [5.41, 5.74) is 6.40. The number of nitrogens with zero attached hydrogens (tertiary/aromatic N) is 2. The fourth-order valence-electron chi connectivity index (χ4n) is 4.83. The van der Waals surface area contributed by atoms with Gasteiger partial charge in [-0.15, -0.1) is 11.3 Å². The summed E-state index contributed by atoms with van der Waals surface area (Å²) in [5.74, 6) is 0.717. The molecule has 0 unspecified atom stereocenters. The number of benzene rings is 1. The summed E-state index contributed by atoms with van der Waals surface area (Å²) in [7, 11) is 0. The monoisotopic (exact) mass is 463 g/mol. The van der Waals surface area contributed by atoms with Gasteiger partial charge in [-0.25, -0.2) is 4.98 Å². The second kappa shape index (κ2) is 11.1. The maximum Gasteiger partial charge on any atom is 0.253 e. The number of aromatic nitrogens is 2. The molecule has 176 valence electrons. The van der Waals surface area contributed by atoms with E-state index in [0.717, 1.165) is 65.6 Å². The van der Waals surface area contributed by atoms with Crippen molar-refractivity contribution in [2.45, 2.75) is 78.7 Å². The molecule has 0 spiro atoms. The SMILES string of the molecule is CCCCNC(=O)c1cc(-c2csc(-c3ccc(CC)cc3)n2)n(CC2CCCCC2)c1C. The molecule has 0 radical (unpaired) electrons. The topological polar surface area (TPSA) is 46.9 Å². The average Bonchev–Trinajstić information content (AvgIpc) is 3.45. The fourth-order valence-corrected chi connectivity index (χ4v) is 5.65. The number of nitrogens with one attached hydrogen (secondary N) is 1. The van der Waals surface area contributed by atoms with E-state index in [1.807, 2.05) is 0 Å². The molecule has 0 atom stereocenters. The molecule has 5 heteroatoms. The lowest BCUT2D eigenvalue weighted by molar-refractivity contribution is 0.0952. The molecule has 1 N–H and O–H groups in total. The largest absolute Gasteiger partial charge is 0.352 e. The van der Waals surface area contributed by atoms with Crippen molar-refractivity contribution in [3.05, 3.63) is 52.5 Å². The molecule has 1 aliphatic rings. The summed E-state index contributed by atoms with van der Waals surface area (Å²) >= 11 is 1.68. The first-order valence-electron chi connectivity index (χ1n) is 12.6. The fraction of sp³-hybridized carbons (Fsp3) is 0.500. The Morgan fingerprint density at radius 1 is 1.15 bits per heavy atom. The molecular formula is C28H37N3OS. The number of rotatable bonds is 9. The van der Waals surface area contributed by atoms with Crippen molar-refractivity contribution in [3.63, 3.8) is 0 Å². The van der Waals surface area contributed by atoms with Gasteiger partial charge in [0.25, 0.3) is 5.91 Å². The van der Waals surface area contributed by atoms with E-state index in [-0.39, 0.29) is 5.91 Å². The lowest BCUT2D eigenvalue weighted by atomic mass is 9.89. The molecule has 2 heterocycles. The second-order valence-corrected chi connectivity index (χ2v) is 10.2. The van der Waals surface area contributed by atoms with Gasteiger partial charge in [-0.05, 0) is 50.2 Å². The highest BCUT2D eigenvalue weighted by atomic mass is 32.1. The van der Waals surface area contributed by atoms with Crippen molar-refractivity contribution >= 4 is 17.2 Å². The van der Waals surface area contributed by atoms with Gasteiger partial charge in [0.1, 0.15) is 5.01 Å². The molecule has 4 nitrogen and oxygen atoms in total. The van der Waals surface area contributed by atoms with Gasteiger partial charge in [0, 0.05) is 29.7 Å². The maximum absolute atomic E-state index is 13.0. The highest BCUT2D eigenvalue weighted by Gasteiger charge is 2.23. The molecule has 1 amide bonds. The Bertz CT molecular complexity index is 1060. The standard InChI is InChI=1S/C28H37N3OS/c1-4-6-16-29-27(32)24-17-26(31(20(24)3)18-22-10-8-7-9-11-22)25-19-33-28(30-25)23-14-12-21(5-2)13-15-23/h12-15,17,19,22H,4-11,16,18H2,1-3H3,(H,29,32). The zero-order valence-electron chi connectivity index (χ0n) is 20.3. The first kappa shape index (κ1) is 23.7. The van der Waals surface area contributed by atoms with Crippen LogP contribution in [0.15, 0.2) is 35.7 Å². The quantitative estimate of drug-likeness (QED) is 0.339.